The Bertz CT molecular complexity index is 4740. The zero-order valence-corrected chi connectivity index (χ0v) is 41.5. The van der Waals surface area contributed by atoms with Gasteiger partial charge in [0.1, 0.15) is 5.58 Å². The molecular formula is C74H47NO. The molecule has 0 saturated carbocycles. The second kappa shape index (κ2) is 17.9. The molecule has 0 bridgehead atoms. The zero-order valence-electron chi connectivity index (χ0n) is 41.5. The summed E-state index contributed by atoms with van der Waals surface area (Å²) in [7, 11) is 0. The SMILES string of the molecule is c1ccc(-c2cc3ccccc3c3c2oc2c(N(c4ccc(-c5ccc6cc(-c7ccc8ccccc8c7)ccc6c5)cc4)c4ccc(-c5ccc6ccc(-c7ccc8ccccc8c7)cc6c5)cc4)cccc23)cc1. The topological polar surface area (TPSA) is 16.4 Å². The summed E-state index contributed by atoms with van der Waals surface area (Å²) < 4.78 is 7.25. The number of fused-ring (bicyclic) bond motifs is 9. The first-order valence-corrected chi connectivity index (χ1v) is 26.1. The number of nitrogens with zero attached hydrogens (tertiary/aromatic N) is 1. The summed E-state index contributed by atoms with van der Waals surface area (Å²) in [4.78, 5) is 2.35. The van der Waals surface area contributed by atoms with E-state index in [-0.39, 0.29) is 0 Å². The third-order valence-corrected chi connectivity index (χ3v) is 15.6. The predicted molar refractivity (Wildman–Crippen MR) is 323 cm³/mol. The van der Waals surface area contributed by atoms with Gasteiger partial charge in [-0.25, -0.2) is 0 Å². The standard InChI is InChI=1S/C74H47NO/c1-2-13-53(14-3-1)70-47-64-17-8-9-18-68(64)72-69-19-10-20-71(73(69)76-74(70)72)75(66-37-33-50(34-38-66)56-29-30-61-44-62(32-31-60(61)43-56)58-26-21-48-11-4-6-15-54(48)41-58)67-39-35-51(36-40-67)57-25-23-52-24-28-63(46-65(52)45-57)59-27-22-49-12-5-7-16-55(49)42-59/h1-47H. The van der Waals surface area contributed by atoms with Gasteiger partial charge in [-0.05, 0) is 177 Å². The van der Waals surface area contributed by atoms with Crippen molar-refractivity contribution in [3.63, 3.8) is 0 Å². The largest absolute Gasteiger partial charge is 0.453 e. The van der Waals surface area contributed by atoms with Gasteiger partial charge in [0.2, 0.25) is 0 Å². The van der Waals surface area contributed by atoms with E-state index in [1.165, 1.54) is 87.2 Å². The van der Waals surface area contributed by atoms with Gasteiger partial charge in [-0.15, -0.1) is 0 Å². The number of benzene rings is 14. The van der Waals surface area contributed by atoms with Crippen LogP contribution in [0.15, 0.2) is 290 Å². The van der Waals surface area contributed by atoms with Gasteiger partial charge in [0.05, 0.1) is 5.69 Å². The van der Waals surface area contributed by atoms with E-state index in [0.29, 0.717) is 0 Å². The van der Waals surface area contributed by atoms with Crippen LogP contribution in [0, 0.1) is 0 Å². The Morgan fingerprint density at radius 1 is 0.224 bits per heavy atom. The van der Waals surface area contributed by atoms with Crippen molar-refractivity contribution in [3.8, 4) is 55.6 Å². The maximum absolute atomic E-state index is 7.25. The third kappa shape index (κ3) is 7.58. The van der Waals surface area contributed by atoms with Crippen molar-refractivity contribution in [2.45, 2.75) is 0 Å². The van der Waals surface area contributed by atoms with Crippen molar-refractivity contribution in [1.82, 2.24) is 0 Å². The Balaban J connectivity index is 0.828. The predicted octanol–water partition coefficient (Wildman–Crippen LogP) is 21.2. The molecule has 2 heteroatoms. The van der Waals surface area contributed by atoms with Crippen LogP contribution in [0.4, 0.5) is 17.1 Å². The van der Waals surface area contributed by atoms with Gasteiger partial charge in [-0.3, -0.25) is 0 Å². The molecule has 0 saturated heterocycles. The molecule has 0 aliphatic carbocycles. The molecule has 0 N–H and O–H groups in total. The zero-order chi connectivity index (χ0) is 50.1. The number of furan rings is 1. The van der Waals surface area contributed by atoms with Crippen LogP contribution in [0.5, 0.6) is 0 Å². The maximum atomic E-state index is 7.25. The highest BCUT2D eigenvalue weighted by atomic mass is 16.3. The molecule has 0 fully saturated rings. The lowest BCUT2D eigenvalue weighted by Gasteiger charge is -2.26. The fraction of sp³-hybridized carbons (Fsp3) is 0. The van der Waals surface area contributed by atoms with E-state index in [0.717, 1.165) is 61.3 Å². The van der Waals surface area contributed by atoms with Gasteiger partial charge >= 0.3 is 0 Å². The van der Waals surface area contributed by atoms with Crippen LogP contribution in [0.3, 0.4) is 0 Å². The minimum Gasteiger partial charge on any atom is -0.453 e. The molecular weight excluding hydrogens is 919 g/mol. The number of anilines is 3. The van der Waals surface area contributed by atoms with Gasteiger partial charge in [0.15, 0.2) is 5.58 Å². The second-order valence-corrected chi connectivity index (χ2v) is 20.1. The Labute approximate surface area is 440 Å². The fourth-order valence-electron chi connectivity index (χ4n) is 11.6. The first-order chi connectivity index (χ1) is 37.6. The van der Waals surface area contributed by atoms with Gasteiger partial charge in [0, 0.05) is 27.7 Å². The van der Waals surface area contributed by atoms with E-state index in [1.807, 2.05) is 0 Å². The van der Waals surface area contributed by atoms with E-state index in [1.54, 1.807) is 0 Å². The molecule has 0 unspecified atom stereocenters. The van der Waals surface area contributed by atoms with Crippen LogP contribution in [0.25, 0.3) is 131 Å². The smallest absolute Gasteiger partial charge is 0.159 e. The summed E-state index contributed by atoms with van der Waals surface area (Å²) in [5, 5.41) is 14.4. The van der Waals surface area contributed by atoms with Crippen LogP contribution in [0.1, 0.15) is 0 Å². The monoisotopic (exact) mass is 965 g/mol. The number of para-hydroxylation sites is 1. The number of rotatable bonds is 8. The molecule has 15 rings (SSSR count). The van der Waals surface area contributed by atoms with Crippen molar-refractivity contribution in [2.75, 3.05) is 4.90 Å². The average Bonchev–Trinajstić information content (AvgIpc) is 3.97. The molecule has 0 aliphatic heterocycles. The molecule has 0 atom stereocenters. The van der Waals surface area contributed by atoms with Crippen LogP contribution >= 0.6 is 0 Å². The molecule has 14 aromatic carbocycles. The summed E-state index contributed by atoms with van der Waals surface area (Å²) in [6.07, 6.45) is 0. The van der Waals surface area contributed by atoms with Crippen LogP contribution < -0.4 is 4.90 Å². The molecule has 1 aromatic heterocycles. The van der Waals surface area contributed by atoms with Crippen LogP contribution in [-0.2, 0) is 0 Å². The minimum absolute atomic E-state index is 0.841. The van der Waals surface area contributed by atoms with Crippen molar-refractivity contribution in [3.05, 3.63) is 285 Å². The third-order valence-electron chi connectivity index (χ3n) is 15.6. The van der Waals surface area contributed by atoms with Crippen LogP contribution in [0.2, 0.25) is 0 Å². The lowest BCUT2D eigenvalue weighted by Crippen LogP contribution is -2.10. The molecule has 2 nitrogen and oxygen atoms in total. The first-order valence-electron chi connectivity index (χ1n) is 26.1. The van der Waals surface area contributed by atoms with Gasteiger partial charge in [-0.2, -0.15) is 0 Å². The summed E-state index contributed by atoms with van der Waals surface area (Å²) in [5.41, 5.74) is 16.5. The lowest BCUT2D eigenvalue weighted by molar-refractivity contribution is 0.670. The minimum atomic E-state index is 0.841. The van der Waals surface area contributed by atoms with Crippen molar-refractivity contribution in [2.24, 2.45) is 0 Å². The molecule has 0 radical (unpaired) electrons. The molecule has 0 spiro atoms. The molecule has 354 valence electrons. The summed E-state index contributed by atoms with van der Waals surface area (Å²) >= 11 is 0. The lowest BCUT2D eigenvalue weighted by atomic mass is 9.96. The van der Waals surface area contributed by atoms with Crippen molar-refractivity contribution in [1.29, 1.82) is 0 Å². The van der Waals surface area contributed by atoms with Crippen LogP contribution in [-0.4, -0.2) is 0 Å². The quantitative estimate of drug-likeness (QED) is 0.151. The molecule has 15 aromatic rings. The Kier molecular flexibility index (Phi) is 10.2. The Hall–Kier alpha value is -10.0. The number of hydrogen-bond acceptors (Lipinski definition) is 2. The van der Waals surface area contributed by atoms with E-state index < -0.39 is 0 Å². The number of hydrogen-bond donors (Lipinski definition) is 0. The fourth-order valence-corrected chi connectivity index (χ4v) is 11.6. The molecule has 0 aliphatic rings. The maximum Gasteiger partial charge on any atom is 0.159 e. The summed E-state index contributed by atoms with van der Waals surface area (Å²) in [6.45, 7) is 0. The van der Waals surface area contributed by atoms with E-state index >= 15 is 0 Å². The highest BCUT2D eigenvalue weighted by Crippen LogP contribution is 2.47. The highest BCUT2D eigenvalue weighted by Gasteiger charge is 2.23. The average molecular weight is 966 g/mol. The first kappa shape index (κ1) is 43.6. The highest BCUT2D eigenvalue weighted by molar-refractivity contribution is 6.24. The summed E-state index contributed by atoms with van der Waals surface area (Å²) in [5.74, 6) is 0. The van der Waals surface area contributed by atoms with Gasteiger partial charge < -0.3 is 9.32 Å². The Morgan fingerprint density at radius 2 is 0.605 bits per heavy atom. The van der Waals surface area contributed by atoms with E-state index in [9.17, 15) is 0 Å². The van der Waals surface area contributed by atoms with E-state index in [4.69, 9.17) is 4.42 Å². The van der Waals surface area contributed by atoms with Gasteiger partial charge in [-0.1, -0.05) is 212 Å². The second-order valence-electron chi connectivity index (χ2n) is 20.1. The van der Waals surface area contributed by atoms with Gasteiger partial charge in [0.25, 0.3) is 0 Å². The van der Waals surface area contributed by atoms with Crippen molar-refractivity contribution < 1.29 is 4.42 Å². The molecule has 1 heterocycles. The summed E-state index contributed by atoms with van der Waals surface area (Å²) in [6, 6.07) is 104. The van der Waals surface area contributed by atoms with Crippen molar-refractivity contribution >= 4 is 92.9 Å². The van der Waals surface area contributed by atoms with E-state index in [2.05, 4.69) is 290 Å². The normalized spacial score (nSPS) is 11.7. The molecule has 76 heavy (non-hydrogen) atoms. The molecule has 0 amide bonds. The Morgan fingerprint density at radius 3 is 1.13 bits per heavy atom.